The molecule has 2 rings (SSSR count). The zero-order chi connectivity index (χ0) is 20.3. The van der Waals surface area contributed by atoms with E-state index in [9.17, 15) is 19.2 Å². The third-order valence-corrected chi connectivity index (χ3v) is 4.25. The van der Waals surface area contributed by atoms with Crippen molar-refractivity contribution in [2.45, 2.75) is 39.8 Å². The van der Waals surface area contributed by atoms with Crippen LogP contribution in [0.25, 0.3) is 0 Å². The Morgan fingerprint density at radius 3 is 2.26 bits per heavy atom. The van der Waals surface area contributed by atoms with Crippen molar-refractivity contribution in [3.8, 4) is 0 Å². The molecule has 0 bridgehead atoms. The molecule has 0 aliphatic carbocycles. The van der Waals surface area contributed by atoms with E-state index in [4.69, 9.17) is 4.74 Å². The molecule has 0 spiro atoms. The second-order valence-corrected chi connectivity index (χ2v) is 6.83. The molecule has 1 aliphatic rings. The third-order valence-electron chi connectivity index (χ3n) is 4.25. The Kier molecular flexibility index (Phi) is 6.15. The number of benzene rings is 1. The lowest BCUT2D eigenvalue weighted by Crippen LogP contribution is -2.44. The van der Waals surface area contributed by atoms with Gasteiger partial charge in [0.25, 0.3) is 17.7 Å². The van der Waals surface area contributed by atoms with Gasteiger partial charge in [0.05, 0.1) is 16.7 Å². The van der Waals surface area contributed by atoms with Crippen LogP contribution < -0.4 is 0 Å². The Bertz CT molecular complexity index is 790. The first kappa shape index (κ1) is 20.4. The standard InChI is InChI=1S/C20H24N2O5/c1-6-9-21-18(24)15-8-7-14(10-16(15)19(21)25)20(26)27-11-17(23)22(12(2)3)13(4)5/h6-8,10,12-13H,1,9,11H2,2-5H3. The summed E-state index contributed by atoms with van der Waals surface area (Å²) in [6.07, 6.45) is 1.46. The molecule has 0 fully saturated rings. The van der Waals surface area contributed by atoms with Crippen LogP contribution in [-0.2, 0) is 9.53 Å². The van der Waals surface area contributed by atoms with Crippen molar-refractivity contribution in [2.75, 3.05) is 13.2 Å². The van der Waals surface area contributed by atoms with Crippen LogP contribution >= 0.6 is 0 Å². The molecule has 0 unspecified atom stereocenters. The van der Waals surface area contributed by atoms with Gasteiger partial charge in [-0.3, -0.25) is 19.3 Å². The number of imide groups is 1. The van der Waals surface area contributed by atoms with Gasteiger partial charge in [0.1, 0.15) is 0 Å². The minimum Gasteiger partial charge on any atom is -0.452 e. The largest absolute Gasteiger partial charge is 0.452 e. The lowest BCUT2D eigenvalue weighted by molar-refractivity contribution is -0.138. The summed E-state index contributed by atoms with van der Waals surface area (Å²) in [5, 5.41) is 0. The second kappa shape index (κ2) is 8.16. The van der Waals surface area contributed by atoms with Gasteiger partial charge in [-0.05, 0) is 45.9 Å². The van der Waals surface area contributed by atoms with Crippen molar-refractivity contribution in [1.29, 1.82) is 0 Å². The van der Waals surface area contributed by atoms with Gasteiger partial charge in [0, 0.05) is 18.6 Å². The highest BCUT2D eigenvalue weighted by atomic mass is 16.5. The maximum Gasteiger partial charge on any atom is 0.338 e. The molecule has 1 aromatic rings. The number of carbonyl (C=O) groups excluding carboxylic acids is 4. The number of nitrogens with zero attached hydrogens (tertiary/aromatic N) is 2. The monoisotopic (exact) mass is 372 g/mol. The van der Waals surface area contributed by atoms with Gasteiger partial charge in [-0.2, -0.15) is 0 Å². The summed E-state index contributed by atoms with van der Waals surface area (Å²) in [6.45, 7) is 10.8. The van der Waals surface area contributed by atoms with Crippen LogP contribution in [0, 0.1) is 0 Å². The first-order valence-electron chi connectivity index (χ1n) is 8.78. The lowest BCUT2D eigenvalue weighted by Gasteiger charge is -2.30. The zero-order valence-corrected chi connectivity index (χ0v) is 16.0. The van der Waals surface area contributed by atoms with Crippen molar-refractivity contribution in [2.24, 2.45) is 0 Å². The smallest absolute Gasteiger partial charge is 0.338 e. The van der Waals surface area contributed by atoms with Gasteiger partial charge in [-0.25, -0.2) is 4.79 Å². The normalized spacial score (nSPS) is 13.2. The summed E-state index contributed by atoms with van der Waals surface area (Å²) in [5.74, 6) is -1.92. The van der Waals surface area contributed by atoms with Crippen LogP contribution in [0.2, 0.25) is 0 Å². The van der Waals surface area contributed by atoms with E-state index >= 15 is 0 Å². The predicted octanol–water partition coefficient (Wildman–Crippen LogP) is 2.27. The SMILES string of the molecule is C=CCN1C(=O)c2ccc(C(=O)OCC(=O)N(C(C)C)C(C)C)cc2C1=O. The van der Waals surface area contributed by atoms with E-state index < -0.39 is 17.8 Å². The predicted molar refractivity (Wildman–Crippen MR) is 99.4 cm³/mol. The van der Waals surface area contributed by atoms with Crippen LogP contribution in [-0.4, -0.2) is 58.7 Å². The van der Waals surface area contributed by atoms with Gasteiger partial charge < -0.3 is 9.64 Å². The zero-order valence-electron chi connectivity index (χ0n) is 16.0. The molecule has 0 aromatic heterocycles. The number of ether oxygens (including phenoxy) is 1. The Morgan fingerprint density at radius 2 is 1.70 bits per heavy atom. The molecule has 7 nitrogen and oxygen atoms in total. The van der Waals surface area contributed by atoms with E-state index in [0.717, 1.165) is 4.90 Å². The quantitative estimate of drug-likeness (QED) is 0.416. The summed E-state index contributed by atoms with van der Waals surface area (Å²) >= 11 is 0. The van der Waals surface area contributed by atoms with Gasteiger partial charge in [-0.15, -0.1) is 6.58 Å². The summed E-state index contributed by atoms with van der Waals surface area (Å²) in [6, 6.07) is 4.13. The molecule has 1 aromatic carbocycles. The van der Waals surface area contributed by atoms with Crippen molar-refractivity contribution in [1.82, 2.24) is 9.80 Å². The van der Waals surface area contributed by atoms with E-state index in [1.165, 1.54) is 24.3 Å². The first-order chi connectivity index (χ1) is 12.7. The number of esters is 1. The van der Waals surface area contributed by atoms with Crippen molar-refractivity contribution < 1.29 is 23.9 Å². The molecule has 144 valence electrons. The van der Waals surface area contributed by atoms with Crippen LogP contribution in [0.3, 0.4) is 0 Å². The van der Waals surface area contributed by atoms with Crippen molar-refractivity contribution in [3.63, 3.8) is 0 Å². The highest BCUT2D eigenvalue weighted by Gasteiger charge is 2.35. The minimum absolute atomic E-state index is 0.0179. The molecule has 0 atom stereocenters. The van der Waals surface area contributed by atoms with Crippen LogP contribution in [0.15, 0.2) is 30.9 Å². The number of hydrogen-bond acceptors (Lipinski definition) is 5. The van der Waals surface area contributed by atoms with Crippen LogP contribution in [0.4, 0.5) is 0 Å². The topological polar surface area (TPSA) is 84.0 Å². The molecular weight excluding hydrogens is 348 g/mol. The molecule has 3 amide bonds. The number of hydrogen-bond donors (Lipinski definition) is 0. The number of amides is 3. The highest BCUT2D eigenvalue weighted by Crippen LogP contribution is 2.24. The number of rotatable bonds is 7. The fourth-order valence-corrected chi connectivity index (χ4v) is 3.17. The molecule has 0 radical (unpaired) electrons. The van der Waals surface area contributed by atoms with E-state index in [-0.39, 0.29) is 47.8 Å². The Hall–Kier alpha value is -2.96. The maximum atomic E-state index is 12.3. The average Bonchev–Trinajstić information content (AvgIpc) is 2.84. The van der Waals surface area contributed by atoms with Gasteiger partial charge >= 0.3 is 5.97 Å². The molecule has 1 heterocycles. The van der Waals surface area contributed by atoms with Gasteiger partial charge in [-0.1, -0.05) is 6.08 Å². The molecular formula is C20H24N2O5. The van der Waals surface area contributed by atoms with E-state index in [0.29, 0.717) is 0 Å². The molecule has 1 aliphatic heterocycles. The molecule has 0 N–H and O–H groups in total. The second-order valence-electron chi connectivity index (χ2n) is 6.83. The highest BCUT2D eigenvalue weighted by molar-refractivity contribution is 6.22. The molecule has 0 saturated heterocycles. The Balaban J connectivity index is 2.11. The molecule has 27 heavy (non-hydrogen) atoms. The summed E-state index contributed by atoms with van der Waals surface area (Å²) in [4.78, 5) is 51.8. The van der Waals surface area contributed by atoms with Crippen molar-refractivity contribution >= 4 is 23.7 Å². The van der Waals surface area contributed by atoms with E-state index in [1.807, 2.05) is 27.7 Å². The number of carbonyl (C=O) groups is 4. The average molecular weight is 372 g/mol. The lowest BCUT2D eigenvalue weighted by atomic mass is 10.1. The molecule has 7 heteroatoms. The fraction of sp³-hybridized carbons (Fsp3) is 0.400. The van der Waals surface area contributed by atoms with Crippen LogP contribution in [0.1, 0.15) is 58.8 Å². The van der Waals surface area contributed by atoms with Gasteiger partial charge in [0.2, 0.25) is 0 Å². The summed E-state index contributed by atoms with van der Waals surface area (Å²) < 4.78 is 5.11. The van der Waals surface area contributed by atoms with Crippen molar-refractivity contribution in [3.05, 3.63) is 47.5 Å². The summed E-state index contributed by atoms with van der Waals surface area (Å²) in [7, 11) is 0. The van der Waals surface area contributed by atoms with Crippen LogP contribution in [0.5, 0.6) is 0 Å². The Labute approximate surface area is 158 Å². The maximum absolute atomic E-state index is 12.3. The summed E-state index contributed by atoms with van der Waals surface area (Å²) in [5.41, 5.74) is 0.498. The van der Waals surface area contributed by atoms with E-state index in [1.54, 1.807) is 4.90 Å². The minimum atomic E-state index is -0.721. The Morgan fingerprint density at radius 1 is 1.11 bits per heavy atom. The third kappa shape index (κ3) is 4.07. The first-order valence-corrected chi connectivity index (χ1v) is 8.78. The van der Waals surface area contributed by atoms with E-state index in [2.05, 4.69) is 6.58 Å². The molecule has 0 saturated carbocycles. The fourth-order valence-electron chi connectivity index (χ4n) is 3.17. The van der Waals surface area contributed by atoms with Gasteiger partial charge in [0.15, 0.2) is 6.61 Å². The number of fused-ring (bicyclic) bond motifs is 1.